The summed E-state index contributed by atoms with van der Waals surface area (Å²) in [6, 6.07) is 1.51. The Morgan fingerprint density at radius 2 is 1.70 bits per heavy atom. The number of rotatable bonds is 11. The summed E-state index contributed by atoms with van der Waals surface area (Å²) in [5.41, 5.74) is 0. The van der Waals surface area contributed by atoms with E-state index in [4.69, 9.17) is 0 Å². The van der Waals surface area contributed by atoms with Gasteiger partial charge in [0.2, 0.25) is 10.0 Å². The fourth-order valence-electron chi connectivity index (χ4n) is 2.37. The van der Waals surface area contributed by atoms with Gasteiger partial charge in [0.05, 0.1) is 5.75 Å². The number of nitrogens with zero attached hydrogens (tertiary/aromatic N) is 1. The van der Waals surface area contributed by atoms with Crippen molar-refractivity contribution < 1.29 is 8.42 Å². The minimum Gasteiger partial charge on any atom is -0.314 e. The standard InChI is InChI=1S/C14H31N3O2S/c1-12(2)17(13(3)4)10-9-16-20(18,19)11-5-8-15-14-6-7-14/h12-16H,5-11H2,1-4H3. The van der Waals surface area contributed by atoms with Crippen molar-refractivity contribution in [3.63, 3.8) is 0 Å². The second-order valence-corrected chi connectivity index (χ2v) is 8.15. The summed E-state index contributed by atoms with van der Waals surface area (Å²) in [6.07, 6.45) is 3.17. The summed E-state index contributed by atoms with van der Waals surface area (Å²) in [5.74, 6) is 0.218. The van der Waals surface area contributed by atoms with Crippen LogP contribution in [0.2, 0.25) is 0 Å². The van der Waals surface area contributed by atoms with Gasteiger partial charge >= 0.3 is 0 Å². The molecular weight excluding hydrogens is 274 g/mol. The Bertz CT molecular complexity index is 357. The fraction of sp³-hybridized carbons (Fsp3) is 1.00. The van der Waals surface area contributed by atoms with E-state index in [1.54, 1.807) is 0 Å². The van der Waals surface area contributed by atoms with Gasteiger partial charge in [0.1, 0.15) is 0 Å². The lowest BCUT2D eigenvalue weighted by Gasteiger charge is -2.30. The number of hydrogen-bond acceptors (Lipinski definition) is 4. The van der Waals surface area contributed by atoms with Crippen LogP contribution in [0.4, 0.5) is 0 Å². The number of nitrogens with one attached hydrogen (secondary N) is 2. The average molecular weight is 305 g/mol. The maximum absolute atomic E-state index is 11.9. The number of hydrogen-bond donors (Lipinski definition) is 2. The molecular formula is C14H31N3O2S. The Balaban J connectivity index is 2.16. The quantitative estimate of drug-likeness (QED) is 0.563. The molecule has 6 heteroatoms. The predicted octanol–water partition coefficient (Wildman–Crippen LogP) is 1.17. The van der Waals surface area contributed by atoms with Crippen LogP contribution in [0.15, 0.2) is 0 Å². The molecule has 1 aliphatic carbocycles. The lowest BCUT2D eigenvalue weighted by Crippen LogP contribution is -2.42. The van der Waals surface area contributed by atoms with Crippen molar-refractivity contribution >= 4 is 10.0 Å². The topological polar surface area (TPSA) is 61.4 Å². The molecule has 2 N–H and O–H groups in total. The smallest absolute Gasteiger partial charge is 0.211 e. The molecule has 0 aromatic carbocycles. The molecule has 0 radical (unpaired) electrons. The first-order valence-electron chi connectivity index (χ1n) is 7.78. The van der Waals surface area contributed by atoms with Gasteiger partial charge < -0.3 is 5.32 Å². The molecule has 0 aromatic rings. The van der Waals surface area contributed by atoms with E-state index in [2.05, 4.69) is 42.6 Å². The Hall–Kier alpha value is -0.170. The Morgan fingerprint density at radius 1 is 1.10 bits per heavy atom. The third-order valence-electron chi connectivity index (χ3n) is 3.62. The highest BCUT2D eigenvalue weighted by Gasteiger charge is 2.20. The molecule has 0 spiro atoms. The second kappa shape index (κ2) is 8.32. The van der Waals surface area contributed by atoms with E-state index < -0.39 is 10.0 Å². The van der Waals surface area contributed by atoms with E-state index in [0.717, 1.165) is 13.1 Å². The molecule has 1 saturated carbocycles. The van der Waals surface area contributed by atoms with Gasteiger partial charge in [-0.2, -0.15) is 0 Å². The average Bonchev–Trinajstić information content (AvgIpc) is 3.13. The third kappa shape index (κ3) is 7.57. The Morgan fingerprint density at radius 3 is 2.20 bits per heavy atom. The first-order valence-corrected chi connectivity index (χ1v) is 9.43. The van der Waals surface area contributed by atoms with E-state index in [-0.39, 0.29) is 5.75 Å². The third-order valence-corrected chi connectivity index (χ3v) is 5.09. The van der Waals surface area contributed by atoms with Crippen LogP contribution in [0.5, 0.6) is 0 Å². The van der Waals surface area contributed by atoms with Gasteiger partial charge in [-0.3, -0.25) is 4.90 Å². The van der Waals surface area contributed by atoms with E-state index >= 15 is 0 Å². The molecule has 0 aromatic heterocycles. The molecule has 0 heterocycles. The first kappa shape index (κ1) is 17.9. The van der Waals surface area contributed by atoms with E-state index in [9.17, 15) is 8.42 Å². The van der Waals surface area contributed by atoms with Crippen molar-refractivity contribution in [3.8, 4) is 0 Å². The monoisotopic (exact) mass is 305 g/mol. The summed E-state index contributed by atoms with van der Waals surface area (Å²) in [7, 11) is -3.12. The zero-order valence-electron chi connectivity index (χ0n) is 13.4. The van der Waals surface area contributed by atoms with Crippen LogP contribution in [0, 0.1) is 0 Å². The normalized spacial score (nSPS) is 16.6. The molecule has 1 fully saturated rings. The molecule has 1 aliphatic rings. The zero-order valence-corrected chi connectivity index (χ0v) is 14.2. The lowest BCUT2D eigenvalue weighted by molar-refractivity contribution is 0.179. The van der Waals surface area contributed by atoms with Gasteiger partial charge in [0.15, 0.2) is 0 Å². The second-order valence-electron chi connectivity index (χ2n) is 6.22. The van der Waals surface area contributed by atoms with E-state index in [0.29, 0.717) is 31.1 Å². The highest BCUT2D eigenvalue weighted by atomic mass is 32.2. The van der Waals surface area contributed by atoms with Crippen molar-refractivity contribution in [1.82, 2.24) is 14.9 Å². The van der Waals surface area contributed by atoms with Gasteiger partial charge in [0.25, 0.3) is 0 Å². The van der Waals surface area contributed by atoms with Gasteiger partial charge in [-0.25, -0.2) is 13.1 Å². The first-order chi connectivity index (χ1) is 9.32. The van der Waals surface area contributed by atoms with Crippen molar-refractivity contribution in [1.29, 1.82) is 0 Å². The van der Waals surface area contributed by atoms with Crippen molar-refractivity contribution in [2.75, 3.05) is 25.4 Å². The molecule has 5 nitrogen and oxygen atoms in total. The SMILES string of the molecule is CC(C)N(CCNS(=O)(=O)CCCNC1CC1)C(C)C. The van der Waals surface area contributed by atoms with E-state index in [1.165, 1.54) is 12.8 Å². The molecule has 120 valence electrons. The molecule has 0 amide bonds. The van der Waals surface area contributed by atoms with Crippen LogP contribution < -0.4 is 10.0 Å². The predicted molar refractivity (Wildman–Crippen MR) is 84.4 cm³/mol. The highest BCUT2D eigenvalue weighted by molar-refractivity contribution is 7.89. The lowest BCUT2D eigenvalue weighted by atomic mass is 10.2. The van der Waals surface area contributed by atoms with Crippen LogP contribution in [0.3, 0.4) is 0 Å². The van der Waals surface area contributed by atoms with Crippen molar-refractivity contribution in [3.05, 3.63) is 0 Å². The highest BCUT2D eigenvalue weighted by Crippen LogP contribution is 2.18. The summed E-state index contributed by atoms with van der Waals surface area (Å²) in [5, 5.41) is 3.33. The van der Waals surface area contributed by atoms with Crippen LogP contribution in [-0.4, -0.2) is 56.8 Å². The molecule has 0 bridgehead atoms. The molecule has 0 aliphatic heterocycles. The maximum Gasteiger partial charge on any atom is 0.211 e. The molecule has 0 saturated heterocycles. The summed E-state index contributed by atoms with van der Waals surface area (Å²) >= 11 is 0. The minimum atomic E-state index is -3.12. The van der Waals surface area contributed by atoms with Crippen LogP contribution in [-0.2, 0) is 10.0 Å². The number of sulfonamides is 1. The van der Waals surface area contributed by atoms with Crippen LogP contribution in [0.25, 0.3) is 0 Å². The summed E-state index contributed by atoms with van der Waals surface area (Å²) < 4.78 is 26.4. The van der Waals surface area contributed by atoms with Gasteiger partial charge in [-0.05, 0) is 53.5 Å². The molecule has 0 unspecified atom stereocenters. The molecule has 1 rings (SSSR count). The Labute approximate surface area is 124 Å². The van der Waals surface area contributed by atoms with Crippen molar-refractivity contribution in [2.24, 2.45) is 0 Å². The van der Waals surface area contributed by atoms with E-state index in [1.807, 2.05) is 0 Å². The molecule has 0 atom stereocenters. The maximum atomic E-state index is 11.9. The minimum absolute atomic E-state index is 0.218. The van der Waals surface area contributed by atoms with Gasteiger partial charge in [-0.1, -0.05) is 0 Å². The van der Waals surface area contributed by atoms with Gasteiger partial charge in [-0.15, -0.1) is 0 Å². The molecule has 20 heavy (non-hydrogen) atoms. The van der Waals surface area contributed by atoms with Gasteiger partial charge in [0, 0.05) is 31.2 Å². The fourth-order valence-corrected chi connectivity index (χ4v) is 3.44. The van der Waals surface area contributed by atoms with Crippen LogP contribution >= 0.6 is 0 Å². The largest absolute Gasteiger partial charge is 0.314 e. The zero-order chi connectivity index (χ0) is 15.2. The summed E-state index contributed by atoms with van der Waals surface area (Å²) in [4.78, 5) is 2.29. The van der Waals surface area contributed by atoms with Crippen LogP contribution in [0.1, 0.15) is 47.0 Å². The van der Waals surface area contributed by atoms with Crippen molar-refractivity contribution in [2.45, 2.75) is 65.1 Å². The Kier molecular flexibility index (Phi) is 7.43. The summed E-state index contributed by atoms with van der Waals surface area (Å²) in [6.45, 7) is 10.6.